The fourth-order valence-electron chi connectivity index (χ4n) is 4.82. The van der Waals surface area contributed by atoms with Gasteiger partial charge >= 0.3 is 0 Å². The van der Waals surface area contributed by atoms with Gasteiger partial charge in [-0.2, -0.15) is 0 Å². The molecule has 3 rings (SSSR count). The van der Waals surface area contributed by atoms with Crippen molar-refractivity contribution < 1.29 is 0 Å². The molecule has 0 aromatic carbocycles. The number of hydrogen-bond donors (Lipinski definition) is 0. The third kappa shape index (κ3) is 2.71. The molecule has 0 spiro atoms. The first-order valence-electron chi connectivity index (χ1n) is 8.66. The van der Waals surface area contributed by atoms with Gasteiger partial charge in [0.15, 0.2) is 0 Å². The molecule has 4 atom stereocenters. The molecule has 2 saturated heterocycles. The lowest BCUT2D eigenvalue weighted by Gasteiger charge is -2.52. The molecule has 2 nitrogen and oxygen atoms in total. The highest BCUT2D eigenvalue weighted by Gasteiger charge is 2.41. The van der Waals surface area contributed by atoms with E-state index in [0.717, 1.165) is 30.0 Å². The van der Waals surface area contributed by atoms with Crippen molar-refractivity contribution >= 4 is 0 Å². The number of nitrogens with zero attached hydrogens (tertiary/aromatic N) is 2. The lowest BCUT2D eigenvalue weighted by atomic mass is 9.89. The molecular formula is C17H32N2. The Balaban J connectivity index is 1.75. The monoisotopic (exact) mass is 264 g/mol. The van der Waals surface area contributed by atoms with Gasteiger partial charge in [-0.15, -0.1) is 0 Å². The van der Waals surface area contributed by atoms with E-state index in [1.807, 2.05) is 0 Å². The molecule has 0 amide bonds. The average molecular weight is 264 g/mol. The summed E-state index contributed by atoms with van der Waals surface area (Å²) in [6.45, 7) is 11.4. The van der Waals surface area contributed by atoms with Crippen LogP contribution in [0, 0.1) is 11.8 Å². The smallest absolute Gasteiger partial charge is 0.0249 e. The van der Waals surface area contributed by atoms with Crippen LogP contribution in [0.2, 0.25) is 0 Å². The third-order valence-corrected chi connectivity index (χ3v) is 6.03. The maximum atomic E-state index is 2.94. The molecule has 0 aromatic rings. The number of piperidine rings is 1. The Bertz CT molecular complexity index is 302. The van der Waals surface area contributed by atoms with Crippen molar-refractivity contribution in [2.24, 2.45) is 11.8 Å². The van der Waals surface area contributed by atoms with Crippen LogP contribution in [0.3, 0.4) is 0 Å². The first kappa shape index (κ1) is 13.9. The van der Waals surface area contributed by atoms with E-state index in [1.54, 1.807) is 0 Å². The summed E-state index contributed by atoms with van der Waals surface area (Å²) in [5.41, 5.74) is 0. The van der Waals surface area contributed by atoms with Crippen molar-refractivity contribution in [3.05, 3.63) is 0 Å². The molecule has 1 saturated carbocycles. The molecule has 0 aromatic heterocycles. The van der Waals surface area contributed by atoms with Crippen molar-refractivity contribution in [1.82, 2.24) is 9.80 Å². The highest BCUT2D eigenvalue weighted by molar-refractivity contribution is 4.97. The minimum atomic E-state index is 0.802. The van der Waals surface area contributed by atoms with Crippen LogP contribution in [0.15, 0.2) is 0 Å². The van der Waals surface area contributed by atoms with E-state index in [-0.39, 0.29) is 0 Å². The molecule has 2 heteroatoms. The molecular weight excluding hydrogens is 232 g/mol. The molecule has 4 unspecified atom stereocenters. The molecule has 2 aliphatic heterocycles. The predicted octanol–water partition coefficient (Wildman–Crippen LogP) is 3.37. The van der Waals surface area contributed by atoms with Gasteiger partial charge in [0, 0.05) is 31.2 Å². The second-order valence-electron chi connectivity index (χ2n) is 7.63. The van der Waals surface area contributed by atoms with E-state index in [9.17, 15) is 0 Å². The quantitative estimate of drug-likeness (QED) is 0.754. The maximum absolute atomic E-state index is 2.94. The minimum Gasteiger partial charge on any atom is -0.298 e. The van der Waals surface area contributed by atoms with Gasteiger partial charge in [0.05, 0.1) is 0 Å². The Labute approximate surface area is 119 Å². The summed E-state index contributed by atoms with van der Waals surface area (Å²) in [6, 6.07) is 2.56. The maximum Gasteiger partial charge on any atom is 0.0249 e. The summed E-state index contributed by atoms with van der Waals surface area (Å²) in [7, 11) is 0. The van der Waals surface area contributed by atoms with Gasteiger partial charge in [0.25, 0.3) is 0 Å². The van der Waals surface area contributed by atoms with E-state index in [0.29, 0.717) is 0 Å². The SMILES string of the molecule is CC(C)C1CN2CCCCC2CN1C1CCCC1C. The average Bonchev–Trinajstić information content (AvgIpc) is 2.83. The van der Waals surface area contributed by atoms with Crippen LogP contribution < -0.4 is 0 Å². The summed E-state index contributed by atoms with van der Waals surface area (Å²) in [4.78, 5) is 5.75. The molecule has 19 heavy (non-hydrogen) atoms. The zero-order chi connectivity index (χ0) is 13.4. The van der Waals surface area contributed by atoms with Crippen LogP contribution in [0.25, 0.3) is 0 Å². The Morgan fingerprint density at radius 3 is 2.47 bits per heavy atom. The minimum absolute atomic E-state index is 0.802. The van der Waals surface area contributed by atoms with Crippen molar-refractivity contribution in [3.63, 3.8) is 0 Å². The Morgan fingerprint density at radius 1 is 0.947 bits per heavy atom. The fourth-order valence-corrected chi connectivity index (χ4v) is 4.82. The molecule has 3 aliphatic rings. The topological polar surface area (TPSA) is 6.48 Å². The van der Waals surface area contributed by atoms with Gasteiger partial charge in [-0.3, -0.25) is 9.80 Å². The summed E-state index contributed by atoms with van der Waals surface area (Å²) in [6.07, 6.45) is 8.71. The van der Waals surface area contributed by atoms with Crippen molar-refractivity contribution in [1.29, 1.82) is 0 Å². The molecule has 0 bridgehead atoms. The van der Waals surface area contributed by atoms with Crippen molar-refractivity contribution in [2.45, 2.75) is 77.4 Å². The molecule has 2 heterocycles. The molecule has 0 N–H and O–H groups in total. The number of rotatable bonds is 2. The van der Waals surface area contributed by atoms with Gasteiger partial charge in [-0.1, -0.05) is 33.6 Å². The van der Waals surface area contributed by atoms with E-state index < -0.39 is 0 Å². The van der Waals surface area contributed by atoms with Crippen LogP contribution in [0.4, 0.5) is 0 Å². The van der Waals surface area contributed by atoms with Crippen LogP contribution in [-0.4, -0.2) is 47.6 Å². The molecule has 110 valence electrons. The first-order chi connectivity index (χ1) is 9.16. The summed E-state index contributed by atoms with van der Waals surface area (Å²) >= 11 is 0. The zero-order valence-corrected chi connectivity index (χ0v) is 13.1. The van der Waals surface area contributed by atoms with E-state index in [4.69, 9.17) is 0 Å². The summed E-state index contributed by atoms with van der Waals surface area (Å²) in [5.74, 6) is 1.73. The standard InChI is InChI=1S/C17H32N2/c1-13(2)17-12-18-10-5-4-8-15(18)11-19(17)16-9-6-7-14(16)3/h13-17H,4-12H2,1-3H3. The van der Waals surface area contributed by atoms with Crippen LogP contribution in [-0.2, 0) is 0 Å². The summed E-state index contributed by atoms with van der Waals surface area (Å²) in [5, 5.41) is 0. The fraction of sp³-hybridized carbons (Fsp3) is 1.00. The van der Waals surface area contributed by atoms with Crippen molar-refractivity contribution in [2.75, 3.05) is 19.6 Å². The van der Waals surface area contributed by atoms with Gasteiger partial charge < -0.3 is 0 Å². The highest BCUT2D eigenvalue weighted by Crippen LogP contribution is 2.36. The second kappa shape index (κ2) is 5.73. The Hall–Kier alpha value is -0.0800. The second-order valence-corrected chi connectivity index (χ2v) is 7.63. The number of piperazine rings is 1. The molecule has 3 fully saturated rings. The predicted molar refractivity (Wildman–Crippen MR) is 81.3 cm³/mol. The lowest BCUT2D eigenvalue weighted by molar-refractivity contribution is -0.0365. The van der Waals surface area contributed by atoms with Gasteiger partial charge in [0.2, 0.25) is 0 Å². The van der Waals surface area contributed by atoms with Gasteiger partial charge in [0.1, 0.15) is 0 Å². The van der Waals surface area contributed by atoms with Crippen LogP contribution in [0.5, 0.6) is 0 Å². The van der Waals surface area contributed by atoms with E-state index in [2.05, 4.69) is 30.6 Å². The van der Waals surface area contributed by atoms with Crippen molar-refractivity contribution in [3.8, 4) is 0 Å². The van der Waals surface area contributed by atoms with Gasteiger partial charge in [-0.05, 0) is 44.1 Å². The van der Waals surface area contributed by atoms with E-state index in [1.165, 1.54) is 58.2 Å². The van der Waals surface area contributed by atoms with Gasteiger partial charge in [-0.25, -0.2) is 0 Å². The van der Waals surface area contributed by atoms with E-state index >= 15 is 0 Å². The van der Waals surface area contributed by atoms with Crippen LogP contribution >= 0.6 is 0 Å². The number of hydrogen-bond acceptors (Lipinski definition) is 2. The molecule has 0 radical (unpaired) electrons. The van der Waals surface area contributed by atoms with Crippen LogP contribution in [0.1, 0.15) is 59.3 Å². The largest absolute Gasteiger partial charge is 0.298 e. The Morgan fingerprint density at radius 2 is 1.79 bits per heavy atom. The highest BCUT2D eigenvalue weighted by atomic mass is 15.3. The Kier molecular flexibility index (Phi) is 4.19. The zero-order valence-electron chi connectivity index (χ0n) is 13.1. The molecule has 1 aliphatic carbocycles. The summed E-state index contributed by atoms with van der Waals surface area (Å²) < 4.78 is 0. The number of fused-ring (bicyclic) bond motifs is 1. The first-order valence-corrected chi connectivity index (χ1v) is 8.66. The normalized spacial score (nSPS) is 41.7. The lowest BCUT2D eigenvalue weighted by Crippen LogP contribution is -2.63. The third-order valence-electron chi connectivity index (χ3n) is 6.03.